The van der Waals surface area contributed by atoms with Crippen LogP contribution in [0, 0.1) is 0 Å². The maximum absolute atomic E-state index is 13.1. The molecule has 1 aromatic heterocycles. The number of nitrogen functional groups attached to an aromatic ring is 1. The molecule has 0 saturated carbocycles. The van der Waals surface area contributed by atoms with E-state index in [0.717, 1.165) is 18.3 Å². The van der Waals surface area contributed by atoms with Crippen LogP contribution in [0.25, 0.3) is 0 Å². The summed E-state index contributed by atoms with van der Waals surface area (Å²) in [7, 11) is 0. The molecule has 3 atom stereocenters. The van der Waals surface area contributed by atoms with Crippen molar-refractivity contribution < 1.29 is 38.3 Å². The third-order valence-electron chi connectivity index (χ3n) is 4.70. The lowest BCUT2D eigenvalue weighted by Gasteiger charge is -2.49. The maximum Gasteiger partial charge on any atom is 0.358 e. The van der Waals surface area contributed by atoms with Gasteiger partial charge in [-0.15, -0.1) is 23.1 Å². The minimum absolute atomic E-state index is 0.00701. The van der Waals surface area contributed by atoms with E-state index in [-0.39, 0.29) is 22.2 Å². The zero-order valence-electron chi connectivity index (χ0n) is 19.7. The van der Waals surface area contributed by atoms with Crippen LogP contribution < -0.4 is 11.1 Å². The van der Waals surface area contributed by atoms with Crippen molar-refractivity contribution in [2.75, 3.05) is 11.5 Å². The summed E-state index contributed by atoms with van der Waals surface area (Å²) in [5, 5.41) is 7.10. The summed E-state index contributed by atoms with van der Waals surface area (Å²) >= 11 is 2.37. The lowest BCUT2D eigenvalue weighted by molar-refractivity contribution is -0.182. The molecule has 0 radical (unpaired) electrons. The summed E-state index contributed by atoms with van der Waals surface area (Å²) in [4.78, 5) is 71.1. The number of carbonyl (C=O) groups is 5. The van der Waals surface area contributed by atoms with Crippen LogP contribution in [-0.2, 0) is 38.3 Å². The molecule has 1 saturated heterocycles. The lowest BCUT2D eigenvalue weighted by Crippen LogP contribution is -2.71. The maximum atomic E-state index is 13.1. The van der Waals surface area contributed by atoms with E-state index in [1.54, 1.807) is 19.1 Å². The third kappa shape index (κ3) is 5.91. The van der Waals surface area contributed by atoms with E-state index < -0.39 is 47.4 Å². The van der Waals surface area contributed by atoms with E-state index in [0.29, 0.717) is 11.3 Å². The Bertz CT molecular complexity index is 1190. The number of allylic oxidation sites excluding steroid dienone is 2. The molecule has 0 aliphatic carbocycles. The lowest BCUT2D eigenvalue weighted by atomic mass is 10.0. The number of fused-ring (bicyclic) bond motifs is 1. The second-order valence-corrected chi connectivity index (χ2v) is 9.41. The molecular weight excluding hydrogens is 514 g/mol. The van der Waals surface area contributed by atoms with Gasteiger partial charge < -0.3 is 25.4 Å². The van der Waals surface area contributed by atoms with E-state index in [2.05, 4.69) is 20.3 Å². The molecule has 2 aliphatic rings. The summed E-state index contributed by atoms with van der Waals surface area (Å²) in [5.41, 5.74) is 5.88. The number of hydrogen-bond donors (Lipinski definition) is 2. The summed E-state index contributed by atoms with van der Waals surface area (Å²) < 4.78 is 10.0. The summed E-state index contributed by atoms with van der Waals surface area (Å²) in [5.74, 6) is -3.30. The highest BCUT2D eigenvalue weighted by Gasteiger charge is 2.54. The highest BCUT2D eigenvalue weighted by atomic mass is 32.2. The van der Waals surface area contributed by atoms with Crippen LogP contribution in [0.2, 0.25) is 0 Å². The van der Waals surface area contributed by atoms with Crippen molar-refractivity contribution in [3.8, 4) is 0 Å². The van der Waals surface area contributed by atoms with Crippen LogP contribution in [0.4, 0.5) is 5.13 Å². The summed E-state index contributed by atoms with van der Waals surface area (Å²) in [6.07, 6.45) is 2.21. The molecule has 13 nitrogen and oxygen atoms in total. The number of ether oxygens (including phenoxy) is 2. The van der Waals surface area contributed by atoms with E-state index in [9.17, 15) is 24.0 Å². The van der Waals surface area contributed by atoms with Gasteiger partial charge in [-0.25, -0.2) is 14.6 Å². The number of β-lactam (4-membered cyclic amide) rings is 1. The highest BCUT2D eigenvalue weighted by molar-refractivity contribution is 8.00. The Hall–Kier alpha value is -3.72. The third-order valence-corrected chi connectivity index (χ3v) is 6.67. The van der Waals surface area contributed by atoms with Crippen molar-refractivity contribution in [2.45, 2.75) is 45.4 Å². The van der Waals surface area contributed by atoms with Crippen molar-refractivity contribution in [3.05, 3.63) is 34.5 Å². The molecule has 15 heteroatoms. The normalized spacial score (nSPS) is 20.4. The van der Waals surface area contributed by atoms with Crippen molar-refractivity contribution in [1.29, 1.82) is 0 Å². The molecule has 0 bridgehead atoms. The highest BCUT2D eigenvalue weighted by Crippen LogP contribution is 2.41. The van der Waals surface area contributed by atoms with Crippen molar-refractivity contribution in [1.82, 2.24) is 15.2 Å². The van der Waals surface area contributed by atoms with Crippen molar-refractivity contribution >= 4 is 63.7 Å². The number of thioether (sulfide) groups is 1. The Kier molecular flexibility index (Phi) is 8.47. The van der Waals surface area contributed by atoms with Gasteiger partial charge in [-0.2, -0.15) is 0 Å². The van der Waals surface area contributed by atoms with Gasteiger partial charge in [-0.05, 0) is 12.5 Å². The van der Waals surface area contributed by atoms with Crippen molar-refractivity contribution in [2.24, 2.45) is 5.16 Å². The number of nitrogens with zero attached hydrogens (tertiary/aromatic N) is 3. The largest absolute Gasteiger partial charge is 0.426 e. The van der Waals surface area contributed by atoms with Gasteiger partial charge in [-0.3, -0.25) is 19.3 Å². The van der Waals surface area contributed by atoms with Gasteiger partial charge in [0.05, 0.1) is 0 Å². The predicted molar refractivity (Wildman–Crippen MR) is 129 cm³/mol. The Balaban J connectivity index is 1.81. The molecule has 0 spiro atoms. The fraction of sp³-hybridized carbons (Fsp3) is 0.381. The quantitative estimate of drug-likeness (QED) is 0.119. The molecule has 1 aromatic rings. The van der Waals surface area contributed by atoms with Gasteiger partial charge in [0.15, 0.2) is 10.8 Å². The second-order valence-electron chi connectivity index (χ2n) is 7.41. The molecule has 3 rings (SSSR count). The van der Waals surface area contributed by atoms with E-state index in [4.69, 9.17) is 15.2 Å². The first-order valence-corrected chi connectivity index (χ1v) is 12.4. The number of anilines is 1. The number of amides is 2. The molecule has 192 valence electrons. The molecule has 2 aliphatic heterocycles. The smallest absolute Gasteiger partial charge is 0.358 e. The van der Waals surface area contributed by atoms with Gasteiger partial charge in [0, 0.05) is 31.9 Å². The SMILES string of the molecule is C/C=C/C1=C(C(=O)OC(C)OC(C)=O)N2C(=O)[C@@H](NC(=O)/C(=N\OC(C)=O)c3csc(N)n3)[C@H]2SC1. The van der Waals surface area contributed by atoms with Gasteiger partial charge in [-0.1, -0.05) is 17.3 Å². The molecule has 3 N–H and O–H groups in total. The molecular formula is C21H23N5O8S2. The van der Waals surface area contributed by atoms with Crippen LogP contribution in [0.1, 0.15) is 33.4 Å². The minimum atomic E-state index is -1.17. The van der Waals surface area contributed by atoms with E-state index >= 15 is 0 Å². The number of nitrogens with one attached hydrogen (secondary N) is 1. The monoisotopic (exact) mass is 537 g/mol. The topological polar surface area (TPSA) is 180 Å². The number of thiazole rings is 1. The summed E-state index contributed by atoms with van der Waals surface area (Å²) in [6.45, 7) is 5.41. The van der Waals surface area contributed by atoms with Crippen LogP contribution in [0.3, 0.4) is 0 Å². The molecule has 1 unspecified atom stereocenters. The number of rotatable bonds is 8. The van der Waals surface area contributed by atoms with Crippen LogP contribution >= 0.6 is 23.1 Å². The molecule has 3 heterocycles. The number of carbonyl (C=O) groups excluding carboxylic acids is 5. The number of aromatic nitrogens is 1. The molecule has 2 amide bonds. The number of oxime groups is 1. The zero-order chi connectivity index (χ0) is 26.6. The summed E-state index contributed by atoms with van der Waals surface area (Å²) in [6, 6.07) is -1.01. The Morgan fingerprint density at radius 1 is 1.28 bits per heavy atom. The van der Waals surface area contributed by atoms with E-state index in [1.807, 2.05) is 0 Å². The fourth-order valence-corrected chi connectivity index (χ4v) is 5.21. The Labute approximate surface area is 213 Å². The van der Waals surface area contributed by atoms with Gasteiger partial charge in [0.1, 0.15) is 22.8 Å². The zero-order valence-corrected chi connectivity index (χ0v) is 21.3. The van der Waals surface area contributed by atoms with Crippen molar-refractivity contribution in [3.63, 3.8) is 0 Å². The number of hydrogen-bond acceptors (Lipinski definition) is 13. The van der Waals surface area contributed by atoms with Crippen LogP contribution in [-0.4, -0.2) is 68.8 Å². The van der Waals surface area contributed by atoms with Crippen LogP contribution in [0.5, 0.6) is 0 Å². The second kappa shape index (κ2) is 11.3. The molecule has 36 heavy (non-hydrogen) atoms. The molecule has 1 fully saturated rings. The Morgan fingerprint density at radius 2 is 2.00 bits per heavy atom. The van der Waals surface area contributed by atoms with Gasteiger partial charge >= 0.3 is 17.9 Å². The first-order chi connectivity index (χ1) is 17.0. The number of nitrogens with two attached hydrogens (primary N) is 1. The molecule has 0 aromatic carbocycles. The van der Waals surface area contributed by atoms with Gasteiger partial charge in [0.25, 0.3) is 11.8 Å². The average Bonchev–Trinajstić information content (AvgIpc) is 3.22. The predicted octanol–water partition coefficient (Wildman–Crippen LogP) is 0.675. The van der Waals surface area contributed by atoms with Crippen LogP contribution in [0.15, 0.2) is 34.0 Å². The van der Waals surface area contributed by atoms with E-state index in [1.165, 1.54) is 35.9 Å². The van der Waals surface area contributed by atoms with Gasteiger partial charge in [0.2, 0.25) is 6.29 Å². The average molecular weight is 538 g/mol. The first kappa shape index (κ1) is 26.9. The number of esters is 2. The minimum Gasteiger partial charge on any atom is -0.426 e. The first-order valence-electron chi connectivity index (χ1n) is 10.5. The standard InChI is InChI=1S/C21H23N5O8S2/c1-5-6-12-7-35-19-15(18(30)26(19)16(12)20(31)33-11(4)32-9(2)27)24-17(29)14(25-34-10(3)28)13-8-36-21(22)23-13/h5-6,8,11,15,19H,7H2,1-4H3,(H2,22,23)(H,24,29)/b6-5+,25-14-/t11?,15-,19-/m1/s1. The Morgan fingerprint density at radius 3 is 2.58 bits per heavy atom. The fourth-order valence-electron chi connectivity index (χ4n) is 3.35.